The van der Waals surface area contributed by atoms with Crippen molar-refractivity contribution < 1.29 is 10.2 Å². The summed E-state index contributed by atoms with van der Waals surface area (Å²) >= 11 is 0. The second-order valence-electron chi connectivity index (χ2n) is 14.0. The average molecular weight is 439 g/mol. The number of hydrogen-bond acceptors (Lipinski definition) is 2. The molecule has 0 amide bonds. The summed E-state index contributed by atoms with van der Waals surface area (Å²) in [5, 5.41) is 22.7. The van der Waals surface area contributed by atoms with E-state index in [9.17, 15) is 10.2 Å². The van der Waals surface area contributed by atoms with Crippen LogP contribution in [0.4, 0.5) is 0 Å². The van der Waals surface area contributed by atoms with Crippen molar-refractivity contribution in [1.82, 2.24) is 0 Å². The van der Waals surface area contributed by atoms with Crippen molar-refractivity contribution in [2.75, 3.05) is 0 Å². The maximum Gasteiger partial charge on any atom is 0.124 e. The highest BCUT2D eigenvalue weighted by molar-refractivity contribution is 5.83. The highest BCUT2D eigenvalue weighted by Gasteiger charge is 2.30. The van der Waals surface area contributed by atoms with E-state index < -0.39 is 0 Å². The summed E-state index contributed by atoms with van der Waals surface area (Å²) < 4.78 is 0. The number of hydrogen-bond donors (Lipinski definition) is 2. The monoisotopic (exact) mass is 438 g/mol. The van der Waals surface area contributed by atoms with Crippen LogP contribution in [0.2, 0.25) is 0 Å². The lowest BCUT2D eigenvalue weighted by atomic mass is 9.74. The summed E-state index contributed by atoms with van der Waals surface area (Å²) in [5.41, 5.74) is 5.79. The molecule has 0 aliphatic carbocycles. The van der Waals surface area contributed by atoms with Gasteiger partial charge in [-0.25, -0.2) is 0 Å². The van der Waals surface area contributed by atoms with E-state index in [-0.39, 0.29) is 33.2 Å². The zero-order valence-corrected chi connectivity index (χ0v) is 22.6. The maximum atomic E-state index is 11.3. The predicted molar refractivity (Wildman–Crippen MR) is 139 cm³/mol. The summed E-state index contributed by atoms with van der Waals surface area (Å²) in [5.74, 6) is 0.502. The largest absolute Gasteiger partial charge is 0.507 e. The highest BCUT2D eigenvalue weighted by Crippen LogP contribution is 2.48. The van der Waals surface area contributed by atoms with Gasteiger partial charge in [0, 0.05) is 11.1 Å². The summed E-state index contributed by atoms with van der Waals surface area (Å²) in [6.07, 6.45) is 1.76. The minimum absolute atomic E-state index is 0.121. The third-order valence-corrected chi connectivity index (χ3v) is 5.69. The fraction of sp³-hybridized carbons (Fsp3) is 0.600. The Morgan fingerprint density at radius 1 is 0.500 bits per heavy atom. The molecule has 2 nitrogen and oxygen atoms in total. The van der Waals surface area contributed by atoms with E-state index in [0.29, 0.717) is 0 Å². The Labute approximate surface area is 197 Å². The molecular formula is C30H46O2. The van der Waals surface area contributed by atoms with Crippen molar-refractivity contribution in [3.63, 3.8) is 0 Å². The number of phenols is 2. The van der Waals surface area contributed by atoms with Crippen LogP contribution < -0.4 is 0 Å². The lowest BCUT2D eigenvalue weighted by molar-refractivity contribution is 0.407. The molecule has 0 spiro atoms. The molecule has 0 aromatic heterocycles. The molecule has 0 unspecified atom stereocenters. The van der Waals surface area contributed by atoms with Gasteiger partial charge in [-0.2, -0.15) is 0 Å². The van der Waals surface area contributed by atoms with Crippen LogP contribution in [-0.4, -0.2) is 10.2 Å². The fourth-order valence-corrected chi connectivity index (χ4v) is 4.51. The second-order valence-corrected chi connectivity index (χ2v) is 14.0. The van der Waals surface area contributed by atoms with Crippen LogP contribution in [0, 0.1) is 10.8 Å². The summed E-state index contributed by atoms with van der Waals surface area (Å²) in [4.78, 5) is 0. The summed E-state index contributed by atoms with van der Waals surface area (Å²) in [6, 6.07) is 8.25. The van der Waals surface area contributed by atoms with Gasteiger partial charge in [-0.05, 0) is 68.9 Å². The molecule has 0 atom stereocenters. The van der Waals surface area contributed by atoms with Crippen LogP contribution in [0.25, 0.3) is 11.1 Å². The van der Waals surface area contributed by atoms with Gasteiger partial charge in [0.15, 0.2) is 0 Å². The van der Waals surface area contributed by atoms with E-state index in [1.165, 1.54) is 0 Å². The molecule has 32 heavy (non-hydrogen) atoms. The molecule has 2 aromatic rings. The van der Waals surface area contributed by atoms with E-state index >= 15 is 0 Å². The third kappa shape index (κ3) is 6.53. The number of benzene rings is 2. The van der Waals surface area contributed by atoms with Gasteiger partial charge in [0.05, 0.1) is 0 Å². The van der Waals surface area contributed by atoms with E-state index in [0.717, 1.165) is 46.2 Å². The molecule has 178 valence electrons. The van der Waals surface area contributed by atoms with E-state index in [4.69, 9.17) is 0 Å². The van der Waals surface area contributed by atoms with Gasteiger partial charge in [-0.1, -0.05) is 95.2 Å². The first-order valence-corrected chi connectivity index (χ1v) is 11.9. The molecule has 0 aliphatic rings. The highest BCUT2D eigenvalue weighted by atomic mass is 16.3. The van der Waals surface area contributed by atoms with Crippen molar-refractivity contribution in [2.45, 2.75) is 107 Å². The Morgan fingerprint density at radius 3 is 1.00 bits per heavy atom. The van der Waals surface area contributed by atoms with Crippen molar-refractivity contribution in [3.05, 3.63) is 46.5 Å². The Balaban J connectivity index is 2.89. The Kier molecular flexibility index (Phi) is 6.93. The first-order chi connectivity index (χ1) is 14.2. The molecule has 0 fully saturated rings. The fourth-order valence-electron chi connectivity index (χ4n) is 4.51. The van der Waals surface area contributed by atoms with Gasteiger partial charge in [0.25, 0.3) is 0 Å². The zero-order valence-electron chi connectivity index (χ0n) is 22.6. The molecule has 0 saturated heterocycles. The summed E-state index contributed by atoms with van der Waals surface area (Å²) in [7, 11) is 0. The smallest absolute Gasteiger partial charge is 0.124 e. The van der Waals surface area contributed by atoms with Crippen molar-refractivity contribution in [3.8, 4) is 22.6 Å². The number of phenolic OH excluding ortho intramolecular Hbond substituents is 2. The number of rotatable bonds is 3. The van der Waals surface area contributed by atoms with Crippen LogP contribution in [-0.2, 0) is 23.7 Å². The van der Waals surface area contributed by atoms with Crippen LogP contribution in [0.5, 0.6) is 11.5 Å². The molecule has 0 bridgehead atoms. The van der Waals surface area contributed by atoms with Crippen molar-refractivity contribution >= 4 is 0 Å². The van der Waals surface area contributed by atoms with Gasteiger partial charge in [-0.3, -0.25) is 0 Å². The minimum Gasteiger partial charge on any atom is -0.507 e. The lowest BCUT2D eigenvalue weighted by Gasteiger charge is -2.31. The molecule has 0 aliphatic heterocycles. The average Bonchev–Trinajstić information content (AvgIpc) is 2.50. The molecule has 0 saturated carbocycles. The van der Waals surface area contributed by atoms with Crippen LogP contribution in [0.15, 0.2) is 24.3 Å². The Bertz CT molecular complexity index is 887. The molecule has 2 rings (SSSR count). The van der Waals surface area contributed by atoms with Gasteiger partial charge in [0.2, 0.25) is 0 Å². The minimum atomic E-state index is -0.188. The van der Waals surface area contributed by atoms with Crippen LogP contribution in [0.3, 0.4) is 0 Å². The topological polar surface area (TPSA) is 40.5 Å². The predicted octanol–water partition coefficient (Wildman–Crippen LogP) is 8.54. The molecular weight excluding hydrogens is 392 g/mol. The molecule has 0 radical (unpaired) electrons. The first kappa shape index (κ1) is 26.3. The standard InChI is InChI=1S/C30H46O2/c1-27(2,3)17-19-13-21(29(7,8)9)25(23(31)15-19)26-22(30(10,11)12)14-20(16-24(26)32)18-28(4,5)6/h13-16,31-32H,17-18H2,1-12H3. The van der Waals surface area contributed by atoms with Gasteiger partial charge >= 0.3 is 0 Å². The van der Waals surface area contributed by atoms with E-state index in [2.05, 4.69) is 95.2 Å². The third-order valence-electron chi connectivity index (χ3n) is 5.69. The molecule has 2 aromatic carbocycles. The van der Waals surface area contributed by atoms with Gasteiger partial charge < -0.3 is 10.2 Å². The Morgan fingerprint density at radius 2 is 0.781 bits per heavy atom. The normalized spacial score (nSPS) is 13.5. The van der Waals surface area contributed by atoms with Gasteiger partial charge in [-0.15, -0.1) is 0 Å². The summed E-state index contributed by atoms with van der Waals surface area (Å²) in [6.45, 7) is 26.3. The van der Waals surface area contributed by atoms with E-state index in [1.54, 1.807) is 0 Å². The first-order valence-electron chi connectivity index (χ1n) is 11.9. The SMILES string of the molecule is CC(C)(C)Cc1cc(O)c(-c2c(O)cc(CC(C)(C)C)cc2C(C)(C)C)c(C(C)(C)C)c1. The van der Waals surface area contributed by atoms with Gasteiger partial charge in [0.1, 0.15) is 11.5 Å². The number of aromatic hydroxyl groups is 2. The zero-order chi connectivity index (χ0) is 24.9. The van der Waals surface area contributed by atoms with Crippen molar-refractivity contribution in [2.24, 2.45) is 10.8 Å². The molecule has 2 N–H and O–H groups in total. The lowest BCUT2D eigenvalue weighted by Crippen LogP contribution is -2.19. The molecule has 2 heteroatoms. The quantitative estimate of drug-likeness (QED) is 0.504. The second kappa shape index (κ2) is 8.43. The van der Waals surface area contributed by atoms with Crippen molar-refractivity contribution in [1.29, 1.82) is 0 Å². The van der Waals surface area contributed by atoms with Crippen LogP contribution >= 0.6 is 0 Å². The maximum absolute atomic E-state index is 11.3. The van der Waals surface area contributed by atoms with E-state index in [1.807, 2.05) is 12.1 Å². The molecule has 0 heterocycles. The Hall–Kier alpha value is -1.96. The van der Waals surface area contributed by atoms with Crippen LogP contribution in [0.1, 0.15) is 105 Å².